The molecule has 1 aliphatic rings. The molecule has 0 unspecified atom stereocenters. The predicted octanol–water partition coefficient (Wildman–Crippen LogP) is 2.26. The van der Waals surface area contributed by atoms with Crippen LogP contribution in [0.1, 0.15) is 43.0 Å². The zero-order valence-corrected chi connectivity index (χ0v) is 14.5. The average Bonchev–Trinajstić information content (AvgIpc) is 2.61. The molecule has 1 aromatic carbocycles. The Hall–Kier alpha value is -2.57. The number of hydrogen-bond acceptors (Lipinski definition) is 5. The van der Waals surface area contributed by atoms with Crippen LogP contribution in [-0.2, 0) is 9.53 Å². The van der Waals surface area contributed by atoms with Crippen molar-refractivity contribution < 1.29 is 23.9 Å². The van der Waals surface area contributed by atoms with Gasteiger partial charge in [0.2, 0.25) is 0 Å². The van der Waals surface area contributed by atoms with E-state index in [1.165, 1.54) is 25.7 Å². The van der Waals surface area contributed by atoms with Gasteiger partial charge in [0.1, 0.15) is 5.75 Å². The van der Waals surface area contributed by atoms with Crippen LogP contribution >= 0.6 is 0 Å². The minimum absolute atomic E-state index is 0.0726. The number of hydrogen-bond donors (Lipinski definition) is 2. The number of urea groups is 1. The van der Waals surface area contributed by atoms with Crippen molar-refractivity contribution in [1.82, 2.24) is 10.6 Å². The van der Waals surface area contributed by atoms with Crippen molar-refractivity contribution in [3.63, 3.8) is 0 Å². The normalized spacial score (nSPS) is 19.6. The Morgan fingerprint density at radius 2 is 1.80 bits per heavy atom. The smallest absolute Gasteiger partial charge is 0.338 e. The molecular weight excluding hydrogens is 324 g/mol. The number of nitrogens with one attached hydrogen (secondary N) is 2. The number of carbonyl (C=O) groups excluding carboxylic acids is 3. The Morgan fingerprint density at radius 3 is 2.44 bits per heavy atom. The molecule has 1 aromatic rings. The number of rotatable bonds is 5. The summed E-state index contributed by atoms with van der Waals surface area (Å²) in [4.78, 5) is 35.4. The topological polar surface area (TPSA) is 93.7 Å². The lowest BCUT2D eigenvalue weighted by Gasteiger charge is -2.29. The standard InChI is InChI=1S/C18H24N2O5/c1-12-5-3-4-6-15(12)19-18(23)20-16(21)11-25-17(22)13-7-9-14(24-2)10-8-13/h7-10,12,15H,3-6,11H2,1-2H3,(H2,19,20,21,23)/t12-,15-/m1/s1. The second-order valence-corrected chi connectivity index (χ2v) is 6.19. The van der Waals surface area contributed by atoms with Crippen molar-refractivity contribution >= 4 is 17.9 Å². The summed E-state index contributed by atoms with van der Waals surface area (Å²) in [6, 6.07) is 5.84. The van der Waals surface area contributed by atoms with Gasteiger partial charge in [0, 0.05) is 6.04 Å². The van der Waals surface area contributed by atoms with E-state index in [9.17, 15) is 14.4 Å². The molecule has 1 saturated carbocycles. The molecule has 0 aliphatic heterocycles. The summed E-state index contributed by atoms with van der Waals surface area (Å²) >= 11 is 0. The highest BCUT2D eigenvalue weighted by atomic mass is 16.5. The summed E-state index contributed by atoms with van der Waals surface area (Å²) in [7, 11) is 1.52. The Labute approximate surface area is 147 Å². The Kier molecular flexibility index (Phi) is 6.80. The molecule has 136 valence electrons. The lowest BCUT2D eigenvalue weighted by Crippen LogP contribution is -2.48. The maximum Gasteiger partial charge on any atom is 0.338 e. The molecule has 0 saturated heterocycles. The largest absolute Gasteiger partial charge is 0.497 e. The molecule has 0 heterocycles. The van der Waals surface area contributed by atoms with Gasteiger partial charge in [0.15, 0.2) is 6.61 Å². The number of carbonyl (C=O) groups is 3. The third-order valence-corrected chi connectivity index (χ3v) is 4.34. The van der Waals surface area contributed by atoms with Gasteiger partial charge in [-0.3, -0.25) is 10.1 Å². The van der Waals surface area contributed by atoms with Crippen LogP contribution in [0.3, 0.4) is 0 Å². The van der Waals surface area contributed by atoms with E-state index in [1.807, 2.05) is 0 Å². The first-order chi connectivity index (χ1) is 12.0. The summed E-state index contributed by atoms with van der Waals surface area (Å²) in [6.45, 7) is 1.57. The van der Waals surface area contributed by atoms with Crippen molar-refractivity contribution in [2.24, 2.45) is 5.92 Å². The Morgan fingerprint density at radius 1 is 1.12 bits per heavy atom. The van der Waals surface area contributed by atoms with Gasteiger partial charge in [-0.25, -0.2) is 9.59 Å². The summed E-state index contributed by atoms with van der Waals surface area (Å²) in [6.07, 6.45) is 4.22. The van der Waals surface area contributed by atoms with Crippen LogP contribution < -0.4 is 15.4 Å². The molecule has 2 N–H and O–H groups in total. The maximum absolute atomic E-state index is 11.9. The number of ether oxygens (including phenoxy) is 2. The van der Waals surface area contributed by atoms with Crippen LogP contribution in [0.4, 0.5) is 4.79 Å². The second kappa shape index (κ2) is 9.05. The lowest BCUT2D eigenvalue weighted by molar-refractivity contribution is -0.123. The number of esters is 1. The quantitative estimate of drug-likeness (QED) is 0.796. The van der Waals surface area contributed by atoms with Gasteiger partial charge in [-0.2, -0.15) is 0 Å². The Bertz CT molecular complexity index is 614. The van der Waals surface area contributed by atoms with E-state index >= 15 is 0 Å². The predicted molar refractivity (Wildman–Crippen MR) is 91.4 cm³/mol. The molecule has 7 nitrogen and oxygen atoms in total. The number of methoxy groups -OCH3 is 1. The van der Waals surface area contributed by atoms with Gasteiger partial charge in [-0.1, -0.05) is 19.8 Å². The minimum atomic E-state index is -0.664. The first kappa shape index (κ1) is 18.8. The van der Waals surface area contributed by atoms with Crippen molar-refractivity contribution in [2.75, 3.05) is 13.7 Å². The van der Waals surface area contributed by atoms with E-state index in [2.05, 4.69) is 17.6 Å². The molecule has 0 bridgehead atoms. The molecule has 7 heteroatoms. The number of imide groups is 1. The third kappa shape index (κ3) is 5.77. The third-order valence-electron chi connectivity index (χ3n) is 4.34. The molecule has 1 fully saturated rings. The van der Waals surface area contributed by atoms with Crippen LogP contribution in [0.5, 0.6) is 5.75 Å². The van der Waals surface area contributed by atoms with E-state index in [0.29, 0.717) is 17.2 Å². The fourth-order valence-corrected chi connectivity index (χ4v) is 2.84. The van der Waals surface area contributed by atoms with Crippen LogP contribution in [0, 0.1) is 5.92 Å². The number of benzene rings is 1. The molecule has 0 aromatic heterocycles. The maximum atomic E-state index is 11.9. The highest BCUT2D eigenvalue weighted by Crippen LogP contribution is 2.23. The van der Waals surface area contributed by atoms with Crippen LogP contribution in [0.15, 0.2) is 24.3 Å². The summed E-state index contributed by atoms with van der Waals surface area (Å²) < 4.78 is 9.90. The first-order valence-corrected chi connectivity index (χ1v) is 8.41. The van der Waals surface area contributed by atoms with E-state index in [1.54, 1.807) is 12.1 Å². The van der Waals surface area contributed by atoms with E-state index in [0.717, 1.165) is 19.3 Å². The molecule has 0 radical (unpaired) electrons. The second-order valence-electron chi connectivity index (χ2n) is 6.19. The molecule has 25 heavy (non-hydrogen) atoms. The highest BCUT2D eigenvalue weighted by molar-refractivity contribution is 5.97. The highest BCUT2D eigenvalue weighted by Gasteiger charge is 2.23. The van der Waals surface area contributed by atoms with Gasteiger partial charge < -0.3 is 14.8 Å². The minimum Gasteiger partial charge on any atom is -0.497 e. The zero-order chi connectivity index (χ0) is 18.2. The molecule has 3 amide bonds. The van der Waals surface area contributed by atoms with Gasteiger partial charge in [-0.05, 0) is 43.0 Å². The molecule has 2 atom stereocenters. The van der Waals surface area contributed by atoms with Crippen molar-refractivity contribution in [3.05, 3.63) is 29.8 Å². The fraction of sp³-hybridized carbons (Fsp3) is 0.500. The molecular formula is C18H24N2O5. The van der Waals surface area contributed by atoms with Gasteiger partial charge in [0.25, 0.3) is 5.91 Å². The molecule has 1 aliphatic carbocycles. The van der Waals surface area contributed by atoms with Crippen molar-refractivity contribution in [3.8, 4) is 5.75 Å². The van der Waals surface area contributed by atoms with Gasteiger partial charge in [0.05, 0.1) is 12.7 Å². The Balaban J connectivity index is 1.73. The van der Waals surface area contributed by atoms with Crippen LogP contribution in [-0.4, -0.2) is 37.7 Å². The van der Waals surface area contributed by atoms with Crippen LogP contribution in [0.25, 0.3) is 0 Å². The summed E-state index contributed by atoms with van der Waals surface area (Å²) in [5.74, 6) is -0.299. The van der Waals surface area contributed by atoms with E-state index in [-0.39, 0.29) is 6.04 Å². The number of amides is 3. The van der Waals surface area contributed by atoms with Crippen molar-refractivity contribution in [2.45, 2.75) is 38.6 Å². The molecule has 2 rings (SSSR count). The van der Waals surface area contributed by atoms with E-state index < -0.39 is 24.5 Å². The monoisotopic (exact) mass is 348 g/mol. The van der Waals surface area contributed by atoms with Gasteiger partial charge >= 0.3 is 12.0 Å². The lowest BCUT2D eigenvalue weighted by atomic mass is 9.86. The zero-order valence-electron chi connectivity index (χ0n) is 14.5. The van der Waals surface area contributed by atoms with Gasteiger partial charge in [-0.15, -0.1) is 0 Å². The van der Waals surface area contributed by atoms with E-state index in [4.69, 9.17) is 9.47 Å². The summed E-state index contributed by atoms with van der Waals surface area (Å²) in [5, 5.41) is 4.99. The SMILES string of the molecule is COc1ccc(C(=O)OCC(=O)NC(=O)N[C@@H]2CCCC[C@H]2C)cc1. The van der Waals surface area contributed by atoms with Crippen molar-refractivity contribution in [1.29, 1.82) is 0 Å². The van der Waals surface area contributed by atoms with Crippen LogP contribution in [0.2, 0.25) is 0 Å². The molecule has 0 spiro atoms. The first-order valence-electron chi connectivity index (χ1n) is 8.41. The average molecular weight is 348 g/mol. The fourth-order valence-electron chi connectivity index (χ4n) is 2.84. The summed E-state index contributed by atoms with van der Waals surface area (Å²) in [5.41, 5.74) is 0.300.